The Hall–Kier alpha value is -2.92. The topological polar surface area (TPSA) is 41.4 Å². The van der Waals surface area contributed by atoms with Crippen LogP contribution in [-0.2, 0) is 19.4 Å². The van der Waals surface area contributed by atoms with Gasteiger partial charge in [-0.25, -0.2) is 4.68 Å². The van der Waals surface area contributed by atoms with Crippen LogP contribution in [0.25, 0.3) is 5.69 Å². The number of piperazine rings is 1. The average molecular weight is 415 g/mol. The first kappa shape index (κ1) is 20.0. The lowest BCUT2D eigenvalue weighted by atomic mass is 10.1. The second-order valence-corrected chi connectivity index (χ2v) is 8.87. The van der Waals surface area contributed by atoms with Gasteiger partial charge in [0.1, 0.15) is 0 Å². The van der Waals surface area contributed by atoms with Gasteiger partial charge in [-0.15, -0.1) is 0 Å². The van der Waals surface area contributed by atoms with Crippen molar-refractivity contribution in [3.63, 3.8) is 0 Å². The lowest BCUT2D eigenvalue weighted by Crippen LogP contribution is -2.48. The SMILES string of the molecule is Cc1ccc(-n2nc(C(=O)N3CCN(Cc4ccccc4C)CC3)c3c2CCC3)cc1. The maximum Gasteiger partial charge on any atom is 0.274 e. The first-order valence-corrected chi connectivity index (χ1v) is 11.3. The van der Waals surface area contributed by atoms with E-state index in [4.69, 9.17) is 5.10 Å². The first-order chi connectivity index (χ1) is 15.1. The Bertz CT molecular complexity index is 1090. The monoisotopic (exact) mass is 414 g/mol. The minimum atomic E-state index is 0.0968. The van der Waals surface area contributed by atoms with E-state index in [9.17, 15) is 4.79 Å². The van der Waals surface area contributed by atoms with Gasteiger partial charge in [-0.2, -0.15) is 5.10 Å². The number of carbonyl (C=O) groups is 1. The smallest absolute Gasteiger partial charge is 0.274 e. The van der Waals surface area contributed by atoms with Gasteiger partial charge in [0.05, 0.1) is 5.69 Å². The highest BCUT2D eigenvalue weighted by Crippen LogP contribution is 2.29. The van der Waals surface area contributed by atoms with Crippen molar-refractivity contribution in [2.75, 3.05) is 26.2 Å². The Morgan fingerprint density at radius 1 is 0.935 bits per heavy atom. The molecule has 5 rings (SSSR count). The van der Waals surface area contributed by atoms with Crippen LogP contribution in [0.4, 0.5) is 0 Å². The molecule has 160 valence electrons. The molecule has 0 bridgehead atoms. The molecule has 2 heterocycles. The van der Waals surface area contributed by atoms with Crippen molar-refractivity contribution in [3.05, 3.63) is 82.2 Å². The van der Waals surface area contributed by atoms with E-state index in [0.29, 0.717) is 5.69 Å². The lowest BCUT2D eigenvalue weighted by Gasteiger charge is -2.34. The zero-order valence-electron chi connectivity index (χ0n) is 18.5. The van der Waals surface area contributed by atoms with E-state index >= 15 is 0 Å². The highest BCUT2D eigenvalue weighted by atomic mass is 16.2. The van der Waals surface area contributed by atoms with E-state index in [2.05, 4.69) is 67.3 Å². The molecule has 1 aliphatic heterocycles. The third-order valence-electron chi connectivity index (χ3n) is 6.73. The van der Waals surface area contributed by atoms with Crippen LogP contribution < -0.4 is 0 Å². The number of rotatable bonds is 4. The van der Waals surface area contributed by atoms with E-state index in [0.717, 1.165) is 63.2 Å². The molecular weight excluding hydrogens is 384 g/mol. The van der Waals surface area contributed by atoms with E-state index in [1.807, 2.05) is 9.58 Å². The summed E-state index contributed by atoms with van der Waals surface area (Å²) in [6.07, 6.45) is 3.05. The number of hydrogen-bond donors (Lipinski definition) is 0. The molecule has 2 aromatic carbocycles. The highest BCUT2D eigenvalue weighted by Gasteiger charge is 2.31. The van der Waals surface area contributed by atoms with Crippen molar-refractivity contribution in [2.24, 2.45) is 0 Å². The summed E-state index contributed by atoms with van der Waals surface area (Å²) in [6, 6.07) is 17.0. The Labute approximate surface area is 184 Å². The molecule has 1 amide bonds. The van der Waals surface area contributed by atoms with Gasteiger partial charge in [-0.05, 0) is 56.4 Å². The van der Waals surface area contributed by atoms with E-state index < -0.39 is 0 Å². The van der Waals surface area contributed by atoms with Gasteiger partial charge in [0.15, 0.2) is 5.69 Å². The molecule has 2 aliphatic rings. The third kappa shape index (κ3) is 3.90. The van der Waals surface area contributed by atoms with Crippen LogP contribution in [0.1, 0.15) is 44.9 Å². The summed E-state index contributed by atoms with van der Waals surface area (Å²) in [5.74, 6) is 0.0968. The summed E-state index contributed by atoms with van der Waals surface area (Å²) in [5.41, 5.74) is 8.02. The fourth-order valence-electron chi connectivity index (χ4n) is 4.80. The van der Waals surface area contributed by atoms with Crippen LogP contribution >= 0.6 is 0 Å². The molecule has 0 N–H and O–H groups in total. The zero-order chi connectivity index (χ0) is 21.4. The van der Waals surface area contributed by atoms with Crippen LogP contribution in [0.15, 0.2) is 48.5 Å². The maximum absolute atomic E-state index is 13.4. The number of hydrogen-bond acceptors (Lipinski definition) is 3. The van der Waals surface area contributed by atoms with Gasteiger partial charge >= 0.3 is 0 Å². The van der Waals surface area contributed by atoms with Crippen molar-refractivity contribution in [1.82, 2.24) is 19.6 Å². The largest absolute Gasteiger partial charge is 0.335 e. The molecule has 5 heteroatoms. The lowest BCUT2D eigenvalue weighted by molar-refractivity contribution is 0.0621. The summed E-state index contributed by atoms with van der Waals surface area (Å²) >= 11 is 0. The highest BCUT2D eigenvalue weighted by molar-refractivity contribution is 5.94. The summed E-state index contributed by atoms with van der Waals surface area (Å²) in [5, 5.41) is 4.82. The van der Waals surface area contributed by atoms with Gasteiger partial charge in [0.2, 0.25) is 0 Å². The van der Waals surface area contributed by atoms with Gasteiger partial charge < -0.3 is 4.90 Å². The number of aryl methyl sites for hydroxylation is 2. The van der Waals surface area contributed by atoms with Crippen LogP contribution in [0.2, 0.25) is 0 Å². The molecule has 1 aromatic heterocycles. The molecule has 31 heavy (non-hydrogen) atoms. The average Bonchev–Trinajstić information content (AvgIpc) is 3.39. The van der Waals surface area contributed by atoms with Crippen LogP contribution in [0, 0.1) is 13.8 Å². The standard InChI is InChI=1S/C26H30N4O/c1-19-10-12-22(13-11-19)30-24-9-5-8-23(24)25(27-30)26(31)29-16-14-28(15-17-29)18-21-7-4-3-6-20(21)2/h3-4,6-7,10-13H,5,8-9,14-18H2,1-2H3. The number of fused-ring (bicyclic) bond motifs is 1. The summed E-state index contributed by atoms with van der Waals surface area (Å²) in [6.45, 7) is 8.53. The first-order valence-electron chi connectivity index (χ1n) is 11.3. The molecule has 0 radical (unpaired) electrons. The molecule has 3 aromatic rings. The number of carbonyl (C=O) groups excluding carboxylic acids is 1. The zero-order valence-corrected chi connectivity index (χ0v) is 18.5. The number of amides is 1. The van der Waals surface area contributed by atoms with Gasteiger partial charge in [-0.1, -0.05) is 42.0 Å². The van der Waals surface area contributed by atoms with Crippen molar-refractivity contribution in [3.8, 4) is 5.69 Å². The number of nitrogens with zero attached hydrogens (tertiary/aromatic N) is 4. The second-order valence-electron chi connectivity index (χ2n) is 8.87. The Kier molecular flexibility index (Phi) is 5.36. The molecule has 0 atom stereocenters. The Morgan fingerprint density at radius 2 is 1.68 bits per heavy atom. The van der Waals surface area contributed by atoms with Gasteiger partial charge in [-0.3, -0.25) is 9.69 Å². The fourth-order valence-corrected chi connectivity index (χ4v) is 4.80. The molecule has 1 saturated heterocycles. The second kappa shape index (κ2) is 8.31. The van der Waals surface area contributed by atoms with E-state index in [-0.39, 0.29) is 5.91 Å². The molecule has 0 saturated carbocycles. The molecule has 0 unspecified atom stereocenters. The molecule has 5 nitrogen and oxygen atoms in total. The minimum absolute atomic E-state index is 0.0968. The Morgan fingerprint density at radius 3 is 2.42 bits per heavy atom. The van der Waals surface area contributed by atoms with E-state index in [1.165, 1.54) is 22.4 Å². The predicted molar refractivity (Wildman–Crippen MR) is 123 cm³/mol. The summed E-state index contributed by atoms with van der Waals surface area (Å²) < 4.78 is 2.00. The number of benzene rings is 2. The maximum atomic E-state index is 13.4. The van der Waals surface area contributed by atoms with Gasteiger partial charge in [0, 0.05) is 44.0 Å². The normalized spacial score (nSPS) is 16.5. The fraction of sp³-hybridized carbons (Fsp3) is 0.385. The van der Waals surface area contributed by atoms with Gasteiger partial charge in [0.25, 0.3) is 5.91 Å². The van der Waals surface area contributed by atoms with Crippen molar-refractivity contribution >= 4 is 5.91 Å². The van der Waals surface area contributed by atoms with Crippen LogP contribution in [0.5, 0.6) is 0 Å². The minimum Gasteiger partial charge on any atom is -0.335 e. The number of aromatic nitrogens is 2. The van der Waals surface area contributed by atoms with Crippen LogP contribution in [-0.4, -0.2) is 51.7 Å². The molecular formula is C26H30N4O. The quantitative estimate of drug-likeness (QED) is 0.649. The van der Waals surface area contributed by atoms with E-state index in [1.54, 1.807) is 0 Å². The third-order valence-corrected chi connectivity index (χ3v) is 6.73. The van der Waals surface area contributed by atoms with Crippen molar-refractivity contribution in [2.45, 2.75) is 39.7 Å². The Balaban J connectivity index is 1.31. The summed E-state index contributed by atoms with van der Waals surface area (Å²) in [4.78, 5) is 17.8. The predicted octanol–water partition coefficient (Wildman–Crippen LogP) is 3.94. The van der Waals surface area contributed by atoms with Crippen molar-refractivity contribution in [1.29, 1.82) is 0 Å². The molecule has 0 spiro atoms. The van der Waals surface area contributed by atoms with Crippen LogP contribution in [0.3, 0.4) is 0 Å². The van der Waals surface area contributed by atoms with Crippen molar-refractivity contribution < 1.29 is 4.79 Å². The molecule has 1 fully saturated rings. The molecule has 1 aliphatic carbocycles. The summed E-state index contributed by atoms with van der Waals surface area (Å²) in [7, 11) is 0.